The monoisotopic (exact) mass is 312 g/mol. The van der Waals surface area contributed by atoms with E-state index >= 15 is 0 Å². The van der Waals surface area contributed by atoms with Gasteiger partial charge in [-0.05, 0) is 32.6 Å². The zero-order valence-corrected chi connectivity index (χ0v) is 13.0. The summed E-state index contributed by atoms with van der Waals surface area (Å²) in [4.78, 5) is 43.2. The lowest BCUT2D eigenvalue weighted by Gasteiger charge is -2.18. The molecule has 2 unspecified atom stereocenters. The molecule has 2 aliphatic carbocycles. The smallest absolute Gasteiger partial charge is 0.309 e. The summed E-state index contributed by atoms with van der Waals surface area (Å²) in [6.45, 7) is 2.19. The molecule has 2 rings (SSSR count). The number of aliphatic carboxylic acids is 1. The van der Waals surface area contributed by atoms with E-state index in [1.54, 1.807) is 6.92 Å². The fourth-order valence-electron chi connectivity index (χ4n) is 2.72. The zero-order valence-electron chi connectivity index (χ0n) is 13.0. The number of ketones is 2. The lowest BCUT2D eigenvalue weighted by molar-refractivity contribution is -0.151. The normalized spacial score (nSPS) is 25.0. The van der Waals surface area contributed by atoms with E-state index in [-0.39, 0.29) is 29.9 Å². The van der Waals surface area contributed by atoms with Gasteiger partial charge in [-0.15, -0.1) is 0 Å². The lowest BCUT2D eigenvalue weighted by atomic mass is 9.88. The van der Waals surface area contributed by atoms with Crippen molar-refractivity contribution in [3.8, 4) is 0 Å². The van der Waals surface area contributed by atoms with Crippen molar-refractivity contribution in [1.82, 2.24) is 0 Å². The van der Waals surface area contributed by atoms with E-state index in [0.717, 1.165) is 19.3 Å². The second-order valence-electron chi connectivity index (χ2n) is 5.75. The van der Waals surface area contributed by atoms with Crippen LogP contribution in [-0.2, 0) is 23.9 Å². The van der Waals surface area contributed by atoms with Gasteiger partial charge >= 0.3 is 11.9 Å². The Morgan fingerprint density at radius 2 is 1.55 bits per heavy atom. The van der Waals surface area contributed by atoms with Crippen LogP contribution in [0.25, 0.3) is 0 Å². The minimum Gasteiger partial charge on any atom is -0.481 e. The van der Waals surface area contributed by atoms with Crippen molar-refractivity contribution in [2.24, 2.45) is 11.8 Å². The van der Waals surface area contributed by atoms with E-state index < -0.39 is 11.9 Å². The molecule has 0 aromatic heterocycles. The summed E-state index contributed by atoms with van der Waals surface area (Å²) >= 11 is 0. The summed E-state index contributed by atoms with van der Waals surface area (Å²) in [5.74, 6) is -1.30. The molecule has 0 aromatic carbocycles. The van der Waals surface area contributed by atoms with E-state index in [1.807, 2.05) is 0 Å². The molecule has 124 valence electrons. The van der Waals surface area contributed by atoms with Crippen molar-refractivity contribution >= 4 is 23.5 Å². The van der Waals surface area contributed by atoms with E-state index in [4.69, 9.17) is 9.84 Å². The Morgan fingerprint density at radius 3 is 1.95 bits per heavy atom. The van der Waals surface area contributed by atoms with Crippen LogP contribution >= 0.6 is 0 Å². The van der Waals surface area contributed by atoms with Crippen molar-refractivity contribution in [3.63, 3.8) is 0 Å². The molecule has 0 aromatic rings. The van der Waals surface area contributed by atoms with Crippen LogP contribution in [0, 0.1) is 11.8 Å². The molecular weight excluding hydrogens is 288 g/mol. The molecule has 2 atom stereocenters. The van der Waals surface area contributed by atoms with Crippen LogP contribution in [0.5, 0.6) is 0 Å². The Labute approximate surface area is 130 Å². The molecule has 22 heavy (non-hydrogen) atoms. The number of carboxylic acid groups (broad SMARTS) is 1. The first-order valence-corrected chi connectivity index (χ1v) is 7.86. The van der Waals surface area contributed by atoms with Crippen molar-refractivity contribution in [1.29, 1.82) is 0 Å². The molecule has 2 saturated carbocycles. The van der Waals surface area contributed by atoms with Gasteiger partial charge in [-0.1, -0.05) is 0 Å². The number of ether oxygens (including phenoxy) is 1. The van der Waals surface area contributed by atoms with Gasteiger partial charge in [0.1, 0.15) is 11.6 Å². The predicted molar refractivity (Wildman–Crippen MR) is 78.2 cm³/mol. The fraction of sp³-hybridized carbons (Fsp3) is 0.750. The molecule has 2 aliphatic rings. The third-order valence-corrected chi connectivity index (χ3v) is 3.93. The number of rotatable bonds is 3. The average molecular weight is 312 g/mol. The molecular formula is C16H24O6. The topological polar surface area (TPSA) is 97.7 Å². The molecule has 0 amide bonds. The standard InChI is InChI=1S/C9H14O3.C7H10O3/c1-2-12-9(11)7-4-3-5-8(10)6-7;8-6-3-1-2-5(4-6)7(9)10/h7H,2-6H2,1H3;5H,1-4H2,(H,9,10). The summed E-state index contributed by atoms with van der Waals surface area (Å²) < 4.78 is 4.84. The number of carboxylic acids is 1. The number of Topliss-reactive ketones (excluding diaryl/α,β-unsaturated/α-hetero) is 2. The van der Waals surface area contributed by atoms with Gasteiger partial charge in [-0.3, -0.25) is 19.2 Å². The minimum atomic E-state index is -0.826. The van der Waals surface area contributed by atoms with Crippen LogP contribution in [0.3, 0.4) is 0 Å². The molecule has 0 radical (unpaired) electrons. The van der Waals surface area contributed by atoms with Gasteiger partial charge in [0.15, 0.2) is 0 Å². The fourth-order valence-corrected chi connectivity index (χ4v) is 2.72. The van der Waals surface area contributed by atoms with E-state index in [0.29, 0.717) is 32.3 Å². The van der Waals surface area contributed by atoms with Crippen molar-refractivity contribution in [2.45, 2.75) is 58.3 Å². The SMILES string of the molecule is CCOC(=O)C1CCCC(=O)C1.O=C1CCCC(C(=O)O)C1. The van der Waals surface area contributed by atoms with Gasteiger partial charge in [-0.25, -0.2) is 0 Å². The minimum absolute atomic E-state index is 0.0960. The van der Waals surface area contributed by atoms with E-state index in [1.165, 1.54) is 0 Å². The first-order valence-electron chi connectivity index (χ1n) is 7.86. The maximum Gasteiger partial charge on any atom is 0.309 e. The first-order chi connectivity index (χ1) is 10.4. The third kappa shape index (κ3) is 6.37. The van der Waals surface area contributed by atoms with Crippen LogP contribution in [0.1, 0.15) is 58.3 Å². The zero-order chi connectivity index (χ0) is 16.5. The molecule has 0 saturated heterocycles. The Bertz CT molecular complexity index is 426. The Kier molecular flexibility index (Phi) is 7.77. The van der Waals surface area contributed by atoms with Crippen molar-refractivity contribution in [2.75, 3.05) is 6.61 Å². The molecule has 1 N–H and O–H groups in total. The quantitative estimate of drug-likeness (QED) is 0.802. The molecule has 0 aliphatic heterocycles. The molecule has 0 bridgehead atoms. The largest absolute Gasteiger partial charge is 0.481 e. The van der Waals surface area contributed by atoms with Crippen LogP contribution in [0.2, 0.25) is 0 Å². The second kappa shape index (κ2) is 9.33. The van der Waals surface area contributed by atoms with Crippen LogP contribution < -0.4 is 0 Å². The second-order valence-corrected chi connectivity index (χ2v) is 5.75. The Morgan fingerprint density at radius 1 is 1.05 bits per heavy atom. The van der Waals surface area contributed by atoms with Crippen molar-refractivity contribution < 1.29 is 29.0 Å². The van der Waals surface area contributed by atoms with E-state index in [9.17, 15) is 19.2 Å². The predicted octanol–water partition coefficient (Wildman–Crippen LogP) is 2.14. The number of hydrogen-bond acceptors (Lipinski definition) is 5. The van der Waals surface area contributed by atoms with Gasteiger partial charge in [0.05, 0.1) is 18.4 Å². The summed E-state index contributed by atoms with van der Waals surface area (Å²) in [5.41, 5.74) is 0. The maximum atomic E-state index is 11.2. The third-order valence-electron chi connectivity index (χ3n) is 3.93. The number of carbonyl (C=O) groups excluding carboxylic acids is 3. The Hall–Kier alpha value is -1.72. The highest BCUT2D eigenvalue weighted by Gasteiger charge is 2.26. The van der Waals surface area contributed by atoms with Crippen LogP contribution in [-0.4, -0.2) is 35.2 Å². The highest BCUT2D eigenvalue weighted by Crippen LogP contribution is 2.22. The molecule has 6 heteroatoms. The van der Waals surface area contributed by atoms with Gasteiger partial charge < -0.3 is 9.84 Å². The summed E-state index contributed by atoms with van der Waals surface area (Å²) in [7, 11) is 0. The highest BCUT2D eigenvalue weighted by molar-refractivity contribution is 5.85. The average Bonchev–Trinajstić information content (AvgIpc) is 2.48. The van der Waals surface area contributed by atoms with E-state index in [2.05, 4.69) is 0 Å². The summed E-state index contributed by atoms with van der Waals surface area (Å²) in [6.07, 6.45) is 4.90. The Balaban J connectivity index is 0.000000224. The van der Waals surface area contributed by atoms with Gasteiger partial charge in [0.2, 0.25) is 0 Å². The van der Waals surface area contributed by atoms with Gasteiger partial charge in [0, 0.05) is 25.7 Å². The van der Waals surface area contributed by atoms with Crippen molar-refractivity contribution in [3.05, 3.63) is 0 Å². The maximum absolute atomic E-state index is 11.2. The first kappa shape index (κ1) is 18.3. The molecule has 6 nitrogen and oxygen atoms in total. The number of esters is 1. The van der Waals surface area contributed by atoms with Gasteiger partial charge in [-0.2, -0.15) is 0 Å². The summed E-state index contributed by atoms with van der Waals surface area (Å²) in [5, 5.41) is 8.50. The molecule has 0 heterocycles. The van der Waals surface area contributed by atoms with Gasteiger partial charge in [0.25, 0.3) is 0 Å². The summed E-state index contributed by atoms with van der Waals surface area (Å²) in [6, 6.07) is 0. The highest BCUT2D eigenvalue weighted by atomic mass is 16.5. The lowest BCUT2D eigenvalue weighted by Crippen LogP contribution is -2.24. The van der Waals surface area contributed by atoms with Crippen LogP contribution in [0.4, 0.5) is 0 Å². The molecule has 2 fully saturated rings. The number of carbonyl (C=O) groups is 4. The van der Waals surface area contributed by atoms with Crippen LogP contribution in [0.15, 0.2) is 0 Å². The molecule has 0 spiro atoms. The number of hydrogen-bond donors (Lipinski definition) is 1.